The number of nitrogens with two attached hydrogens (primary N) is 2. The second-order valence-corrected chi connectivity index (χ2v) is 12.6. The van der Waals surface area contributed by atoms with Crippen LogP contribution in [-0.2, 0) is 11.3 Å². The third-order valence-corrected chi connectivity index (χ3v) is 8.58. The van der Waals surface area contributed by atoms with Crippen LogP contribution in [0.25, 0.3) is 5.69 Å². The van der Waals surface area contributed by atoms with E-state index in [-0.39, 0.29) is 36.0 Å². The molecule has 2 heterocycles. The van der Waals surface area contributed by atoms with Gasteiger partial charge in [0.25, 0.3) is 0 Å². The molecule has 43 heavy (non-hydrogen) atoms. The van der Waals surface area contributed by atoms with E-state index in [9.17, 15) is 14.4 Å². The van der Waals surface area contributed by atoms with Crippen molar-refractivity contribution in [2.45, 2.75) is 76.5 Å². The molecule has 3 aliphatic rings. The molecule has 2 aromatic rings. The SMILES string of the molecule is CC(C)(N)C(=O)N1CCN(C(=O)Nc2ccn(-c3ccc(CN(CC4CC4)C4CCC(N)CC4)c(F)c3)c(=O)n2)CC1.Cl. The van der Waals surface area contributed by atoms with Crippen molar-refractivity contribution >= 4 is 30.2 Å². The van der Waals surface area contributed by atoms with Gasteiger partial charge >= 0.3 is 11.7 Å². The van der Waals surface area contributed by atoms with Crippen LogP contribution in [0.5, 0.6) is 0 Å². The van der Waals surface area contributed by atoms with Gasteiger partial charge in [-0.05, 0) is 76.5 Å². The lowest BCUT2D eigenvalue weighted by Crippen LogP contribution is -2.58. The van der Waals surface area contributed by atoms with Crippen molar-refractivity contribution in [3.05, 3.63) is 52.3 Å². The number of nitrogens with zero attached hydrogens (tertiary/aromatic N) is 5. The minimum Gasteiger partial charge on any atom is -0.338 e. The number of carbonyl (C=O) groups is 2. The summed E-state index contributed by atoms with van der Waals surface area (Å²) < 4.78 is 16.6. The lowest BCUT2D eigenvalue weighted by Gasteiger charge is -2.37. The molecule has 1 aromatic heterocycles. The third kappa shape index (κ3) is 8.31. The van der Waals surface area contributed by atoms with Gasteiger partial charge in [0.2, 0.25) is 5.91 Å². The zero-order chi connectivity index (χ0) is 30.0. The van der Waals surface area contributed by atoms with E-state index in [1.54, 1.807) is 35.8 Å². The molecule has 0 spiro atoms. The second kappa shape index (κ2) is 13.7. The van der Waals surface area contributed by atoms with Gasteiger partial charge < -0.3 is 21.3 Å². The number of piperazine rings is 1. The van der Waals surface area contributed by atoms with Crippen LogP contribution in [0.15, 0.2) is 35.3 Å². The maximum absolute atomic E-state index is 15.3. The summed E-state index contributed by atoms with van der Waals surface area (Å²) in [5.74, 6) is 0.273. The van der Waals surface area contributed by atoms with Gasteiger partial charge in [0.1, 0.15) is 11.6 Å². The third-order valence-electron chi connectivity index (χ3n) is 8.58. The number of amides is 3. The Balaban J connectivity index is 0.00000423. The molecule has 1 aromatic carbocycles. The van der Waals surface area contributed by atoms with Crippen molar-refractivity contribution in [2.24, 2.45) is 17.4 Å². The highest BCUT2D eigenvalue weighted by Crippen LogP contribution is 2.33. The van der Waals surface area contributed by atoms with Gasteiger partial charge in [-0.2, -0.15) is 4.98 Å². The number of halogens is 2. The number of carbonyl (C=O) groups excluding carboxylic acids is 2. The highest BCUT2D eigenvalue weighted by atomic mass is 35.5. The number of hydrogen-bond donors (Lipinski definition) is 3. The Bertz CT molecular complexity index is 1350. The fraction of sp³-hybridized carbons (Fsp3) is 0.600. The molecule has 0 unspecified atom stereocenters. The predicted molar refractivity (Wildman–Crippen MR) is 166 cm³/mol. The molecule has 5 rings (SSSR count). The second-order valence-electron chi connectivity index (χ2n) is 12.6. The molecule has 5 N–H and O–H groups in total. The Morgan fingerprint density at radius 2 is 1.70 bits per heavy atom. The number of hydrogen-bond acceptors (Lipinski definition) is 7. The van der Waals surface area contributed by atoms with E-state index in [4.69, 9.17) is 11.5 Å². The molecular weight excluding hydrogens is 575 g/mol. The molecule has 2 aliphatic carbocycles. The summed E-state index contributed by atoms with van der Waals surface area (Å²) in [5.41, 5.74) is 11.4. The van der Waals surface area contributed by atoms with Gasteiger partial charge in [-0.15, -0.1) is 12.4 Å². The molecule has 1 aliphatic heterocycles. The summed E-state index contributed by atoms with van der Waals surface area (Å²) in [4.78, 5) is 47.6. The van der Waals surface area contributed by atoms with Crippen LogP contribution in [0.3, 0.4) is 0 Å². The van der Waals surface area contributed by atoms with E-state index < -0.39 is 17.3 Å². The van der Waals surface area contributed by atoms with Crippen molar-refractivity contribution in [1.29, 1.82) is 0 Å². The molecule has 1 saturated heterocycles. The molecule has 3 amide bonds. The summed E-state index contributed by atoms with van der Waals surface area (Å²) in [6.45, 7) is 6.25. The van der Waals surface area contributed by atoms with E-state index >= 15 is 4.39 Å². The van der Waals surface area contributed by atoms with Crippen LogP contribution in [0.2, 0.25) is 0 Å². The Morgan fingerprint density at radius 3 is 2.28 bits per heavy atom. The van der Waals surface area contributed by atoms with Crippen LogP contribution in [-0.4, -0.2) is 86.5 Å². The van der Waals surface area contributed by atoms with Crippen LogP contribution in [0.4, 0.5) is 15.0 Å². The van der Waals surface area contributed by atoms with Crippen molar-refractivity contribution in [1.82, 2.24) is 24.3 Å². The zero-order valence-corrected chi connectivity index (χ0v) is 25.8. The zero-order valence-electron chi connectivity index (χ0n) is 25.0. The Morgan fingerprint density at radius 1 is 1.05 bits per heavy atom. The molecule has 2 saturated carbocycles. The summed E-state index contributed by atoms with van der Waals surface area (Å²) in [6, 6.07) is 6.63. The average Bonchev–Trinajstić information content (AvgIpc) is 3.77. The lowest BCUT2D eigenvalue weighted by atomic mass is 9.90. The number of urea groups is 1. The average molecular weight is 619 g/mol. The van der Waals surface area contributed by atoms with Crippen LogP contribution in [0.1, 0.15) is 57.9 Å². The molecular formula is C30H44ClFN8O3. The largest absolute Gasteiger partial charge is 0.354 e. The topological polar surface area (TPSA) is 143 Å². The Labute approximate surface area is 258 Å². The minimum absolute atomic E-state index is 0. The molecule has 11 nitrogen and oxygen atoms in total. The predicted octanol–water partition coefficient (Wildman–Crippen LogP) is 2.69. The van der Waals surface area contributed by atoms with Crippen LogP contribution >= 0.6 is 12.4 Å². The molecule has 13 heteroatoms. The number of rotatable bonds is 8. The first-order chi connectivity index (χ1) is 20.0. The summed E-state index contributed by atoms with van der Waals surface area (Å²) in [6.07, 6.45) is 8.04. The van der Waals surface area contributed by atoms with E-state index in [2.05, 4.69) is 15.2 Å². The van der Waals surface area contributed by atoms with Crippen molar-refractivity contribution in [3.63, 3.8) is 0 Å². The first-order valence-electron chi connectivity index (χ1n) is 15.0. The Kier molecular flexibility index (Phi) is 10.5. The van der Waals surface area contributed by atoms with Crippen LogP contribution in [0, 0.1) is 11.7 Å². The van der Waals surface area contributed by atoms with Crippen molar-refractivity contribution in [3.8, 4) is 5.69 Å². The molecule has 0 bridgehead atoms. The van der Waals surface area contributed by atoms with E-state index in [1.807, 2.05) is 0 Å². The maximum atomic E-state index is 15.3. The smallest absolute Gasteiger partial charge is 0.338 e. The minimum atomic E-state index is -0.970. The quantitative estimate of drug-likeness (QED) is 0.413. The number of benzene rings is 1. The molecule has 0 radical (unpaired) electrons. The van der Waals surface area contributed by atoms with Gasteiger partial charge in [-0.1, -0.05) is 6.07 Å². The molecule has 236 valence electrons. The van der Waals surface area contributed by atoms with Gasteiger partial charge in [0.15, 0.2) is 0 Å². The highest BCUT2D eigenvalue weighted by Gasteiger charge is 2.32. The number of anilines is 1. The van der Waals surface area contributed by atoms with Gasteiger partial charge in [-0.3, -0.25) is 19.6 Å². The van der Waals surface area contributed by atoms with E-state index in [0.29, 0.717) is 55.9 Å². The van der Waals surface area contributed by atoms with E-state index in [0.717, 1.165) is 32.2 Å². The standard InChI is InChI=1S/C30H43FN8O3.ClH/c1-30(2,33)27(40)36-13-15-37(16-14-36)28(41)34-26-11-12-39(29(42)35-26)24-8-5-21(25(31)17-24)19-38(18-20-3-4-20)23-9-6-22(32)7-10-23;/h5,8,11-12,17,20,22-23H,3-4,6-7,9-10,13-16,18-19,32-33H2,1-2H3,(H,34,35,41,42);1H. The number of aromatic nitrogens is 2. The molecule has 3 fully saturated rings. The summed E-state index contributed by atoms with van der Waals surface area (Å²) in [7, 11) is 0. The van der Waals surface area contributed by atoms with Gasteiger partial charge in [0.05, 0.1) is 11.2 Å². The first-order valence-corrected chi connectivity index (χ1v) is 15.0. The van der Waals surface area contributed by atoms with E-state index in [1.165, 1.54) is 35.7 Å². The summed E-state index contributed by atoms with van der Waals surface area (Å²) in [5, 5.41) is 2.65. The fourth-order valence-corrected chi connectivity index (χ4v) is 5.85. The maximum Gasteiger partial charge on any atom is 0.354 e. The van der Waals surface area contributed by atoms with Gasteiger partial charge in [0, 0.05) is 63.1 Å². The summed E-state index contributed by atoms with van der Waals surface area (Å²) >= 11 is 0. The first kappa shape index (κ1) is 32.8. The normalized spacial score (nSPS) is 21.0. The van der Waals surface area contributed by atoms with Crippen LogP contribution < -0.4 is 22.5 Å². The number of nitrogens with one attached hydrogen (secondary N) is 1. The monoisotopic (exact) mass is 618 g/mol. The van der Waals surface area contributed by atoms with Gasteiger partial charge in [-0.25, -0.2) is 14.0 Å². The Hall–Kier alpha value is -3.06. The lowest BCUT2D eigenvalue weighted by molar-refractivity contribution is -0.137. The molecule has 0 atom stereocenters. The van der Waals surface area contributed by atoms with Crippen molar-refractivity contribution < 1.29 is 14.0 Å². The highest BCUT2D eigenvalue weighted by molar-refractivity contribution is 5.89. The van der Waals surface area contributed by atoms with Crippen molar-refractivity contribution in [2.75, 3.05) is 38.0 Å². The fourth-order valence-electron chi connectivity index (χ4n) is 5.85.